The van der Waals surface area contributed by atoms with Crippen LogP contribution in [0.5, 0.6) is 5.75 Å². The number of rotatable bonds is 5. The lowest BCUT2D eigenvalue weighted by Crippen LogP contribution is -2.23. The number of pyridine rings is 1. The van der Waals surface area contributed by atoms with Crippen molar-refractivity contribution in [1.82, 2.24) is 10.3 Å². The zero-order chi connectivity index (χ0) is 15.4. The van der Waals surface area contributed by atoms with Gasteiger partial charge in [0.15, 0.2) is 11.6 Å². The van der Waals surface area contributed by atoms with E-state index < -0.39 is 0 Å². The highest BCUT2D eigenvalue weighted by Gasteiger charge is 2.17. The molecule has 1 heterocycles. The van der Waals surface area contributed by atoms with Crippen LogP contribution in [0.1, 0.15) is 35.5 Å². The van der Waals surface area contributed by atoms with E-state index in [0.717, 1.165) is 29.1 Å². The number of benzene rings is 1. The monoisotopic (exact) mass is 288 g/mol. The molecule has 0 aliphatic carbocycles. The van der Waals surface area contributed by atoms with Gasteiger partial charge in [0.1, 0.15) is 0 Å². The van der Waals surface area contributed by atoms with Crippen molar-refractivity contribution in [3.8, 4) is 5.75 Å². The molecule has 4 heteroatoms. The minimum Gasteiger partial charge on any atom is -0.494 e. The predicted octanol–water partition coefficient (Wildman–Crippen LogP) is 3.55. The molecule has 1 atom stereocenters. The summed E-state index contributed by atoms with van der Waals surface area (Å²) in [5.74, 6) is -0.0941. The lowest BCUT2D eigenvalue weighted by atomic mass is 9.97. The summed E-state index contributed by atoms with van der Waals surface area (Å²) in [4.78, 5) is 4.50. The maximum atomic E-state index is 14.0. The second-order valence-electron chi connectivity index (χ2n) is 5.01. The van der Waals surface area contributed by atoms with Crippen LogP contribution in [0.2, 0.25) is 0 Å². The zero-order valence-corrected chi connectivity index (χ0v) is 12.9. The van der Waals surface area contributed by atoms with Gasteiger partial charge in [0.05, 0.1) is 13.2 Å². The second-order valence-corrected chi connectivity index (χ2v) is 5.01. The molecule has 3 nitrogen and oxygen atoms in total. The summed E-state index contributed by atoms with van der Waals surface area (Å²) in [6.45, 7) is 6.76. The lowest BCUT2D eigenvalue weighted by Gasteiger charge is -2.21. The number of hydrogen-bond acceptors (Lipinski definition) is 3. The Hall–Kier alpha value is -1.94. The molecular formula is C17H21FN2O. The number of ether oxygens (including phenoxy) is 1. The van der Waals surface area contributed by atoms with Crippen LogP contribution in [0.3, 0.4) is 0 Å². The number of aromatic nitrogens is 1. The number of nitrogens with one attached hydrogen (secondary N) is 1. The Balaban J connectivity index is 2.45. The fourth-order valence-electron chi connectivity index (χ4n) is 2.48. The van der Waals surface area contributed by atoms with Crippen molar-refractivity contribution >= 4 is 0 Å². The van der Waals surface area contributed by atoms with Crippen LogP contribution < -0.4 is 10.1 Å². The number of nitrogens with zero attached hydrogens (tertiary/aromatic N) is 1. The van der Waals surface area contributed by atoms with Gasteiger partial charge in [-0.15, -0.1) is 0 Å². The molecule has 1 unspecified atom stereocenters. The van der Waals surface area contributed by atoms with E-state index in [4.69, 9.17) is 4.74 Å². The van der Waals surface area contributed by atoms with Gasteiger partial charge in [0, 0.05) is 11.4 Å². The molecule has 0 amide bonds. The average molecular weight is 288 g/mol. The van der Waals surface area contributed by atoms with Crippen molar-refractivity contribution in [3.63, 3.8) is 0 Å². The molecule has 0 fully saturated rings. The Kier molecular flexibility index (Phi) is 4.91. The first-order valence-corrected chi connectivity index (χ1v) is 7.07. The number of aryl methyl sites for hydroxylation is 2. The van der Waals surface area contributed by atoms with Crippen LogP contribution in [0.4, 0.5) is 4.39 Å². The summed E-state index contributed by atoms with van der Waals surface area (Å²) in [7, 11) is 1.47. The maximum Gasteiger partial charge on any atom is 0.165 e. The summed E-state index contributed by atoms with van der Waals surface area (Å²) in [6, 6.07) is 9.01. The van der Waals surface area contributed by atoms with Gasteiger partial charge >= 0.3 is 0 Å². The fraction of sp³-hybridized carbons (Fsp3) is 0.353. The third kappa shape index (κ3) is 3.39. The summed E-state index contributed by atoms with van der Waals surface area (Å²) in [5.41, 5.74) is 3.86. The van der Waals surface area contributed by atoms with E-state index in [0.29, 0.717) is 0 Å². The predicted molar refractivity (Wildman–Crippen MR) is 82.2 cm³/mol. The number of methoxy groups -OCH3 is 1. The highest BCUT2D eigenvalue weighted by atomic mass is 19.1. The lowest BCUT2D eigenvalue weighted by molar-refractivity contribution is 0.385. The quantitative estimate of drug-likeness (QED) is 0.913. The minimum atomic E-state index is -0.351. The smallest absolute Gasteiger partial charge is 0.165 e. The largest absolute Gasteiger partial charge is 0.494 e. The Bertz CT molecular complexity index is 628. The zero-order valence-electron chi connectivity index (χ0n) is 12.9. The molecule has 1 N–H and O–H groups in total. The van der Waals surface area contributed by atoms with Gasteiger partial charge in [-0.3, -0.25) is 4.98 Å². The molecule has 21 heavy (non-hydrogen) atoms. The minimum absolute atomic E-state index is 0.0801. The third-order valence-corrected chi connectivity index (χ3v) is 3.49. The molecule has 0 radical (unpaired) electrons. The molecule has 0 aliphatic rings. The SMILES string of the molecule is CCNC(c1ccc(OC)c(F)c1)c1ccc(C)nc1C. The van der Waals surface area contributed by atoms with Gasteiger partial charge in [-0.25, -0.2) is 4.39 Å². The van der Waals surface area contributed by atoms with Crippen LogP contribution in [-0.4, -0.2) is 18.6 Å². The van der Waals surface area contributed by atoms with Crippen LogP contribution in [0.15, 0.2) is 30.3 Å². The summed E-state index contributed by atoms with van der Waals surface area (Å²) in [6.07, 6.45) is 0. The molecule has 0 aliphatic heterocycles. The molecule has 0 saturated heterocycles. The molecule has 0 saturated carbocycles. The molecule has 0 bridgehead atoms. The third-order valence-electron chi connectivity index (χ3n) is 3.49. The normalized spacial score (nSPS) is 12.2. The van der Waals surface area contributed by atoms with E-state index in [1.165, 1.54) is 13.2 Å². The van der Waals surface area contributed by atoms with Crippen molar-refractivity contribution in [1.29, 1.82) is 0 Å². The van der Waals surface area contributed by atoms with Crippen LogP contribution in [0.25, 0.3) is 0 Å². The molecule has 2 aromatic rings. The van der Waals surface area contributed by atoms with E-state index in [9.17, 15) is 4.39 Å². The van der Waals surface area contributed by atoms with Gasteiger partial charge in [-0.2, -0.15) is 0 Å². The molecule has 2 rings (SSSR count). The number of hydrogen-bond donors (Lipinski definition) is 1. The Morgan fingerprint density at radius 2 is 2.00 bits per heavy atom. The second kappa shape index (κ2) is 6.68. The summed E-state index contributed by atoms with van der Waals surface area (Å²) in [5, 5.41) is 3.39. The van der Waals surface area contributed by atoms with E-state index in [-0.39, 0.29) is 17.6 Å². The van der Waals surface area contributed by atoms with Crippen molar-refractivity contribution in [2.24, 2.45) is 0 Å². The molecule has 1 aromatic carbocycles. The fourth-order valence-corrected chi connectivity index (χ4v) is 2.48. The summed E-state index contributed by atoms with van der Waals surface area (Å²) >= 11 is 0. The highest BCUT2D eigenvalue weighted by molar-refractivity contribution is 5.38. The molecule has 112 valence electrons. The Labute approximate surface area is 125 Å². The number of halogens is 1. The average Bonchev–Trinajstić information content (AvgIpc) is 2.45. The molecule has 1 aromatic heterocycles. The maximum absolute atomic E-state index is 14.0. The van der Waals surface area contributed by atoms with Gasteiger partial charge in [0.25, 0.3) is 0 Å². The van der Waals surface area contributed by atoms with Gasteiger partial charge < -0.3 is 10.1 Å². The van der Waals surface area contributed by atoms with E-state index >= 15 is 0 Å². The summed E-state index contributed by atoms with van der Waals surface area (Å²) < 4.78 is 18.9. The van der Waals surface area contributed by atoms with Gasteiger partial charge in [-0.05, 0) is 49.7 Å². The first-order chi connectivity index (χ1) is 10.1. The Morgan fingerprint density at radius 1 is 1.24 bits per heavy atom. The van der Waals surface area contributed by atoms with Crippen molar-refractivity contribution < 1.29 is 9.13 Å². The first-order valence-electron chi connectivity index (χ1n) is 7.07. The van der Waals surface area contributed by atoms with E-state index in [2.05, 4.69) is 10.3 Å². The highest BCUT2D eigenvalue weighted by Crippen LogP contribution is 2.27. The van der Waals surface area contributed by atoms with Crippen molar-refractivity contribution in [2.75, 3.05) is 13.7 Å². The van der Waals surface area contributed by atoms with Gasteiger partial charge in [0.2, 0.25) is 0 Å². The van der Waals surface area contributed by atoms with Crippen LogP contribution >= 0.6 is 0 Å². The molecular weight excluding hydrogens is 267 g/mol. The van der Waals surface area contributed by atoms with Gasteiger partial charge in [-0.1, -0.05) is 19.1 Å². The Morgan fingerprint density at radius 3 is 2.57 bits per heavy atom. The molecule has 0 spiro atoms. The standard InChI is InChI=1S/C17H21FN2O/c1-5-19-17(14-8-6-11(2)20-12(14)3)13-7-9-16(21-4)15(18)10-13/h6-10,17,19H,5H2,1-4H3. The topological polar surface area (TPSA) is 34.1 Å². The van der Waals surface area contributed by atoms with Crippen molar-refractivity contribution in [3.05, 3.63) is 58.7 Å². The van der Waals surface area contributed by atoms with Crippen LogP contribution in [-0.2, 0) is 0 Å². The van der Waals surface area contributed by atoms with Crippen molar-refractivity contribution in [2.45, 2.75) is 26.8 Å². The van der Waals surface area contributed by atoms with E-state index in [1.54, 1.807) is 6.07 Å². The van der Waals surface area contributed by atoms with E-state index in [1.807, 2.05) is 39.0 Å². The first kappa shape index (κ1) is 15.4. The van der Waals surface area contributed by atoms with Crippen LogP contribution in [0, 0.1) is 19.7 Å².